The minimum Gasteiger partial charge on any atom is -0.462 e. The van der Waals surface area contributed by atoms with Crippen LogP contribution in [0.3, 0.4) is 0 Å². The Morgan fingerprint density at radius 1 is 1.29 bits per heavy atom. The molecule has 3 nitrogen and oxygen atoms in total. The molecule has 1 aromatic rings. The van der Waals surface area contributed by atoms with Gasteiger partial charge in [0.25, 0.3) is 0 Å². The van der Waals surface area contributed by atoms with Gasteiger partial charge in [0.1, 0.15) is 19.0 Å². The van der Waals surface area contributed by atoms with Crippen LogP contribution in [0.25, 0.3) is 0 Å². The highest BCUT2D eigenvalue weighted by molar-refractivity contribution is 5.76. The number of morpholine rings is 1. The van der Waals surface area contributed by atoms with E-state index in [4.69, 9.17) is 4.74 Å². The molecule has 0 bridgehead atoms. The molecule has 14 heavy (non-hydrogen) atoms. The minimum atomic E-state index is -0.270. The number of ether oxygens (including phenoxy) is 1. The van der Waals surface area contributed by atoms with Gasteiger partial charge in [0.2, 0.25) is 0 Å². The Bertz CT molecular complexity index is 336. The van der Waals surface area contributed by atoms with Crippen molar-refractivity contribution in [2.24, 2.45) is 0 Å². The third kappa shape index (κ3) is 1.84. The highest BCUT2D eigenvalue weighted by Gasteiger charge is 2.17. The fourth-order valence-corrected chi connectivity index (χ4v) is 1.42. The number of halogens is 1. The molecule has 0 atom stereocenters. The summed E-state index contributed by atoms with van der Waals surface area (Å²) >= 11 is 0. The second-order valence-corrected chi connectivity index (χ2v) is 3.12. The fraction of sp³-hybridized carbons (Fsp3) is 0.300. The van der Waals surface area contributed by atoms with Gasteiger partial charge in [0, 0.05) is 5.69 Å². The molecule has 0 amide bonds. The van der Waals surface area contributed by atoms with Gasteiger partial charge >= 0.3 is 5.97 Å². The lowest BCUT2D eigenvalue weighted by molar-refractivity contribution is -0.143. The number of benzene rings is 1. The van der Waals surface area contributed by atoms with Gasteiger partial charge in [0.05, 0.1) is 6.54 Å². The SMILES string of the molecule is O=C1CN(c2ccc(F)cc2)CCO1. The number of hydrogen-bond donors (Lipinski definition) is 0. The summed E-state index contributed by atoms with van der Waals surface area (Å²) in [4.78, 5) is 12.8. The van der Waals surface area contributed by atoms with E-state index in [2.05, 4.69) is 0 Å². The van der Waals surface area contributed by atoms with E-state index in [0.717, 1.165) is 5.69 Å². The minimum absolute atomic E-state index is 0.236. The van der Waals surface area contributed by atoms with Gasteiger partial charge in [-0.2, -0.15) is 0 Å². The maximum absolute atomic E-state index is 12.6. The Labute approximate surface area is 81.1 Å². The molecule has 0 saturated carbocycles. The van der Waals surface area contributed by atoms with Crippen LogP contribution in [0.15, 0.2) is 24.3 Å². The first-order chi connectivity index (χ1) is 6.75. The van der Waals surface area contributed by atoms with Crippen LogP contribution in [0.5, 0.6) is 0 Å². The van der Waals surface area contributed by atoms with Crippen LogP contribution >= 0.6 is 0 Å². The van der Waals surface area contributed by atoms with E-state index in [1.807, 2.05) is 4.90 Å². The van der Waals surface area contributed by atoms with Crippen molar-refractivity contribution in [2.45, 2.75) is 0 Å². The van der Waals surface area contributed by atoms with E-state index < -0.39 is 0 Å². The predicted molar refractivity (Wildman–Crippen MR) is 49.6 cm³/mol. The number of nitrogens with zero attached hydrogens (tertiary/aromatic N) is 1. The smallest absolute Gasteiger partial charge is 0.325 e. The number of anilines is 1. The summed E-state index contributed by atoms with van der Waals surface area (Å²) in [6.07, 6.45) is 0. The number of rotatable bonds is 1. The van der Waals surface area contributed by atoms with Crippen LogP contribution in [0.2, 0.25) is 0 Å². The Balaban J connectivity index is 2.14. The van der Waals surface area contributed by atoms with Gasteiger partial charge < -0.3 is 9.64 Å². The molecular formula is C10H10FNO2. The second-order valence-electron chi connectivity index (χ2n) is 3.12. The zero-order valence-electron chi connectivity index (χ0n) is 7.57. The molecule has 0 radical (unpaired) electrons. The number of cyclic esters (lactones) is 1. The average molecular weight is 195 g/mol. The molecule has 1 heterocycles. The normalized spacial score (nSPS) is 16.6. The Morgan fingerprint density at radius 2 is 2.00 bits per heavy atom. The first-order valence-electron chi connectivity index (χ1n) is 4.42. The largest absolute Gasteiger partial charge is 0.462 e. The van der Waals surface area contributed by atoms with Crippen molar-refractivity contribution >= 4 is 11.7 Å². The van der Waals surface area contributed by atoms with E-state index in [0.29, 0.717) is 13.2 Å². The van der Waals surface area contributed by atoms with E-state index in [9.17, 15) is 9.18 Å². The van der Waals surface area contributed by atoms with Crippen molar-refractivity contribution < 1.29 is 13.9 Å². The van der Waals surface area contributed by atoms with Gasteiger partial charge in [-0.15, -0.1) is 0 Å². The van der Waals surface area contributed by atoms with Gasteiger partial charge in [-0.3, -0.25) is 4.79 Å². The van der Waals surface area contributed by atoms with Crippen LogP contribution < -0.4 is 4.90 Å². The van der Waals surface area contributed by atoms with Crippen molar-refractivity contribution in [3.8, 4) is 0 Å². The van der Waals surface area contributed by atoms with E-state index in [1.165, 1.54) is 12.1 Å². The maximum atomic E-state index is 12.6. The molecular weight excluding hydrogens is 185 g/mol. The predicted octanol–water partition coefficient (Wildman–Crippen LogP) is 1.19. The molecule has 1 aliphatic heterocycles. The molecule has 0 unspecified atom stereocenters. The fourth-order valence-electron chi connectivity index (χ4n) is 1.42. The number of esters is 1. The summed E-state index contributed by atoms with van der Waals surface area (Å²) in [5.74, 6) is -0.506. The third-order valence-electron chi connectivity index (χ3n) is 2.14. The molecule has 1 aromatic carbocycles. The van der Waals surface area contributed by atoms with E-state index >= 15 is 0 Å². The highest BCUT2D eigenvalue weighted by Crippen LogP contribution is 2.16. The van der Waals surface area contributed by atoms with Crippen molar-refractivity contribution in [1.82, 2.24) is 0 Å². The van der Waals surface area contributed by atoms with Crippen LogP contribution in [0, 0.1) is 5.82 Å². The van der Waals surface area contributed by atoms with Crippen molar-refractivity contribution in [3.05, 3.63) is 30.1 Å². The lowest BCUT2D eigenvalue weighted by Crippen LogP contribution is -2.39. The molecule has 0 aliphatic carbocycles. The summed E-state index contributed by atoms with van der Waals surface area (Å²) < 4.78 is 17.4. The standard InChI is InChI=1S/C10H10FNO2/c11-8-1-3-9(4-2-8)12-5-6-14-10(13)7-12/h1-4H,5-7H2. The maximum Gasteiger partial charge on any atom is 0.325 e. The average Bonchev–Trinajstić information content (AvgIpc) is 2.19. The van der Waals surface area contributed by atoms with E-state index in [1.54, 1.807) is 12.1 Å². The summed E-state index contributed by atoms with van der Waals surface area (Å²) in [7, 11) is 0. The van der Waals surface area contributed by atoms with Crippen LogP contribution in [-0.4, -0.2) is 25.7 Å². The number of carbonyl (C=O) groups is 1. The van der Waals surface area contributed by atoms with Gasteiger partial charge in [-0.25, -0.2) is 4.39 Å². The molecule has 4 heteroatoms. The highest BCUT2D eigenvalue weighted by atomic mass is 19.1. The first-order valence-corrected chi connectivity index (χ1v) is 4.42. The quantitative estimate of drug-likeness (QED) is 0.630. The molecule has 74 valence electrons. The molecule has 0 N–H and O–H groups in total. The third-order valence-corrected chi connectivity index (χ3v) is 2.14. The molecule has 2 rings (SSSR count). The monoisotopic (exact) mass is 195 g/mol. The molecule has 0 aromatic heterocycles. The lowest BCUT2D eigenvalue weighted by atomic mass is 10.2. The summed E-state index contributed by atoms with van der Waals surface area (Å²) in [5, 5.41) is 0. The van der Waals surface area contributed by atoms with Crippen LogP contribution in [-0.2, 0) is 9.53 Å². The van der Waals surface area contributed by atoms with Crippen molar-refractivity contribution in [2.75, 3.05) is 24.6 Å². The summed E-state index contributed by atoms with van der Waals surface area (Å²) in [5.41, 5.74) is 0.850. The van der Waals surface area contributed by atoms with Gasteiger partial charge in [-0.05, 0) is 24.3 Å². The molecule has 0 spiro atoms. The number of hydrogen-bond acceptors (Lipinski definition) is 3. The first kappa shape index (κ1) is 8.99. The second kappa shape index (κ2) is 3.65. The zero-order valence-corrected chi connectivity index (χ0v) is 7.57. The lowest BCUT2D eigenvalue weighted by Gasteiger charge is -2.27. The summed E-state index contributed by atoms with van der Waals surface area (Å²) in [6.45, 7) is 1.30. The van der Waals surface area contributed by atoms with Crippen molar-refractivity contribution in [1.29, 1.82) is 0 Å². The molecule has 1 fully saturated rings. The van der Waals surface area contributed by atoms with Gasteiger partial charge in [-0.1, -0.05) is 0 Å². The molecule has 1 aliphatic rings. The molecule has 1 saturated heterocycles. The Hall–Kier alpha value is -1.58. The zero-order chi connectivity index (χ0) is 9.97. The van der Waals surface area contributed by atoms with Crippen LogP contribution in [0.4, 0.5) is 10.1 Å². The topological polar surface area (TPSA) is 29.5 Å². The Morgan fingerprint density at radius 3 is 2.64 bits per heavy atom. The van der Waals surface area contributed by atoms with Gasteiger partial charge in [0.15, 0.2) is 0 Å². The van der Waals surface area contributed by atoms with E-state index in [-0.39, 0.29) is 18.3 Å². The van der Waals surface area contributed by atoms with Crippen molar-refractivity contribution in [3.63, 3.8) is 0 Å². The summed E-state index contributed by atoms with van der Waals surface area (Å²) in [6, 6.07) is 6.09. The Kier molecular flexibility index (Phi) is 2.35. The number of carbonyl (C=O) groups excluding carboxylic acids is 1. The van der Waals surface area contributed by atoms with Crippen LogP contribution in [0.1, 0.15) is 0 Å².